The summed E-state index contributed by atoms with van der Waals surface area (Å²) in [5.74, 6) is 0. The van der Waals surface area contributed by atoms with Crippen LogP contribution < -0.4 is 10.2 Å². The van der Waals surface area contributed by atoms with Gasteiger partial charge in [0.15, 0.2) is 0 Å². The maximum atomic E-state index is 4.90. The van der Waals surface area contributed by atoms with Gasteiger partial charge in [-0.25, -0.2) is 0 Å². The Balaban J connectivity index is 2.25. The Morgan fingerprint density at radius 1 is 1.20 bits per heavy atom. The minimum Gasteiger partial charge on any atom is -0.384 e. The first-order chi connectivity index (χ1) is 9.70. The summed E-state index contributed by atoms with van der Waals surface area (Å²) in [4.78, 5) is 7.05. The molecule has 0 bridgehead atoms. The van der Waals surface area contributed by atoms with Crippen molar-refractivity contribution in [3.8, 4) is 0 Å². The van der Waals surface area contributed by atoms with Crippen molar-refractivity contribution < 1.29 is 0 Å². The van der Waals surface area contributed by atoms with Crippen molar-refractivity contribution in [1.29, 1.82) is 0 Å². The summed E-state index contributed by atoms with van der Waals surface area (Å²) in [6.07, 6.45) is 4.84. The number of hydrogen-bond acceptors (Lipinski definition) is 3. The highest BCUT2D eigenvalue weighted by molar-refractivity contribution is 5.95. The predicted molar refractivity (Wildman–Crippen MR) is 86.9 cm³/mol. The molecular weight excluding hydrogens is 246 g/mol. The molecule has 0 saturated carbocycles. The Morgan fingerprint density at radius 2 is 2.00 bits per heavy atom. The lowest BCUT2D eigenvalue weighted by Crippen LogP contribution is -2.12. The minimum atomic E-state index is 0.956. The van der Waals surface area contributed by atoms with Gasteiger partial charge in [-0.05, 0) is 56.4 Å². The summed E-state index contributed by atoms with van der Waals surface area (Å²) in [6.45, 7) is 3.12. The Kier molecular flexibility index (Phi) is 3.51. The molecule has 0 unspecified atom stereocenters. The van der Waals surface area contributed by atoms with Crippen molar-refractivity contribution in [2.24, 2.45) is 0 Å². The summed E-state index contributed by atoms with van der Waals surface area (Å²) >= 11 is 0. The number of aryl methyl sites for hydroxylation is 1. The van der Waals surface area contributed by atoms with Gasteiger partial charge in [0, 0.05) is 43.1 Å². The van der Waals surface area contributed by atoms with Crippen LogP contribution >= 0.6 is 0 Å². The number of hydrogen-bond donors (Lipinski definition) is 1. The minimum absolute atomic E-state index is 0.956. The molecule has 3 nitrogen and oxygen atoms in total. The molecule has 3 rings (SSSR count). The predicted octanol–water partition coefficient (Wildman–Crippen LogP) is 3.61. The van der Waals surface area contributed by atoms with E-state index in [2.05, 4.69) is 49.4 Å². The Hall–Kier alpha value is -1.77. The van der Waals surface area contributed by atoms with Crippen LogP contribution in [0, 0.1) is 0 Å². The molecule has 1 N–H and O–H groups in total. The molecule has 0 saturated heterocycles. The molecule has 1 aromatic carbocycles. The Morgan fingerprint density at radius 3 is 2.75 bits per heavy atom. The van der Waals surface area contributed by atoms with Gasteiger partial charge in [-0.3, -0.25) is 4.98 Å². The number of rotatable bonds is 3. The van der Waals surface area contributed by atoms with Crippen molar-refractivity contribution in [3.05, 3.63) is 29.5 Å². The molecule has 0 aliphatic heterocycles. The van der Waals surface area contributed by atoms with Crippen molar-refractivity contribution in [3.63, 3.8) is 0 Å². The van der Waals surface area contributed by atoms with Gasteiger partial charge in [0.2, 0.25) is 0 Å². The second kappa shape index (κ2) is 5.31. The van der Waals surface area contributed by atoms with Gasteiger partial charge in [0.1, 0.15) is 0 Å². The second-order valence-corrected chi connectivity index (χ2v) is 5.75. The fourth-order valence-electron chi connectivity index (χ4n) is 3.07. The fraction of sp³-hybridized carbons (Fsp3) is 0.471. The van der Waals surface area contributed by atoms with E-state index in [4.69, 9.17) is 4.98 Å². The molecule has 0 spiro atoms. The van der Waals surface area contributed by atoms with Crippen LogP contribution in [0.2, 0.25) is 0 Å². The molecule has 1 aliphatic carbocycles. The van der Waals surface area contributed by atoms with Gasteiger partial charge in [0.05, 0.1) is 5.52 Å². The quantitative estimate of drug-likeness (QED) is 0.922. The fourth-order valence-corrected chi connectivity index (χ4v) is 3.07. The largest absolute Gasteiger partial charge is 0.384 e. The monoisotopic (exact) mass is 269 g/mol. The summed E-state index contributed by atoms with van der Waals surface area (Å²) in [7, 11) is 4.17. The van der Waals surface area contributed by atoms with Crippen LogP contribution in [0.5, 0.6) is 0 Å². The van der Waals surface area contributed by atoms with Gasteiger partial charge in [0.25, 0.3) is 0 Å². The Labute approximate surface area is 121 Å². The highest BCUT2D eigenvalue weighted by Gasteiger charge is 2.18. The van der Waals surface area contributed by atoms with E-state index in [-0.39, 0.29) is 0 Å². The summed E-state index contributed by atoms with van der Waals surface area (Å²) < 4.78 is 0. The van der Waals surface area contributed by atoms with E-state index in [1.54, 1.807) is 0 Å². The molecule has 0 amide bonds. The van der Waals surface area contributed by atoms with Crippen molar-refractivity contribution >= 4 is 22.3 Å². The van der Waals surface area contributed by atoms with Crippen LogP contribution in [-0.4, -0.2) is 25.6 Å². The normalized spacial score (nSPS) is 14.2. The molecule has 0 atom stereocenters. The van der Waals surface area contributed by atoms with Crippen LogP contribution in [0.1, 0.15) is 31.0 Å². The average molecular weight is 269 g/mol. The summed E-state index contributed by atoms with van der Waals surface area (Å²) in [5, 5.41) is 4.85. The SMILES string of the molecule is CCNc1c2c(nc3ccc(N(C)C)cc13)CCCC2. The van der Waals surface area contributed by atoms with Crippen LogP contribution in [-0.2, 0) is 12.8 Å². The third kappa shape index (κ3) is 2.21. The molecule has 3 heteroatoms. The van der Waals surface area contributed by atoms with Crippen molar-refractivity contribution in [2.75, 3.05) is 30.9 Å². The lowest BCUT2D eigenvalue weighted by atomic mass is 9.92. The van der Waals surface area contributed by atoms with Crippen molar-refractivity contribution in [2.45, 2.75) is 32.6 Å². The Bertz CT molecular complexity index is 632. The van der Waals surface area contributed by atoms with E-state index in [1.165, 1.54) is 40.9 Å². The molecule has 20 heavy (non-hydrogen) atoms. The summed E-state index contributed by atoms with van der Waals surface area (Å²) in [5.41, 5.74) is 6.41. The number of nitrogens with one attached hydrogen (secondary N) is 1. The molecule has 0 fully saturated rings. The molecule has 1 aromatic heterocycles. The number of pyridine rings is 1. The average Bonchev–Trinajstić information content (AvgIpc) is 2.46. The molecule has 0 radical (unpaired) electrons. The molecule has 106 valence electrons. The number of nitrogens with zero attached hydrogens (tertiary/aromatic N) is 2. The first kappa shape index (κ1) is 13.2. The lowest BCUT2D eigenvalue weighted by molar-refractivity contribution is 0.672. The standard InChI is InChI=1S/C17H23N3/c1-4-18-17-13-7-5-6-8-15(13)19-16-10-9-12(20(2)3)11-14(16)17/h9-11H,4-8H2,1-3H3,(H,18,19). The zero-order valence-corrected chi connectivity index (χ0v) is 12.7. The number of aromatic nitrogens is 1. The van der Waals surface area contributed by atoms with E-state index in [1.807, 2.05) is 0 Å². The van der Waals surface area contributed by atoms with E-state index in [0.717, 1.165) is 24.9 Å². The number of fused-ring (bicyclic) bond motifs is 2. The van der Waals surface area contributed by atoms with Gasteiger partial charge in [-0.1, -0.05) is 0 Å². The van der Waals surface area contributed by atoms with E-state index in [0.29, 0.717) is 0 Å². The third-order valence-electron chi connectivity index (χ3n) is 4.12. The summed E-state index contributed by atoms with van der Waals surface area (Å²) in [6, 6.07) is 6.57. The van der Waals surface area contributed by atoms with Crippen LogP contribution in [0.4, 0.5) is 11.4 Å². The maximum Gasteiger partial charge on any atom is 0.0727 e. The highest BCUT2D eigenvalue weighted by atomic mass is 15.1. The van der Waals surface area contributed by atoms with Crippen LogP contribution in [0.15, 0.2) is 18.2 Å². The first-order valence-corrected chi connectivity index (χ1v) is 7.57. The van der Waals surface area contributed by atoms with Gasteiger partial charge in [-0.15, -0.1) is 0 Å². The molecular formula is C17H23N3. The highest BCUT2D eigenvalue weighted by Crippen LogP contribution is 2.34. The first-order valence-electron chi connectivity index (χ1n) is 7.57. The second-order valence-electron chi connectivity index (χ2n) is 5.75. The van der Waals surface area contributed by atoms with E-state index in [9.17, 15) is 0 Å². The zero-order chi connectivity index (χ0) is 14.1. The van der Waals surface area contributed by atoms with E-state index < -0.39 is 0 Å². The number of anilines is 2. The van der Waals surface area contributed by atoms with E-state index >= 15 is 0 Å². The smallest absolute Gasteiger partial charge is 0.0727 e. The van der Waals surface area contributed by atoms with Crippen LogP contribution in [0.3, 0.4) is 0 Å². The topological polar surface area (TPSA) is 28.2 Å². The van der Waals surface area contributed by atoms with Gasteiger partial charge >= 0.3 is 0 Å². The van der Waals surface area contributed by atoms with Gasteiger partial charge < -0.3 is 10.2 Å². The number of benzene rings is 1. The maximum absolute atomic E-state index is 4.90. The molecule has 2 aromatic rings. The van der Waals surface area contributed by atoms with Crippen LogP contribution in [0.25, 0.3) is 10.9 Å². The van der Waals surface area contributed by atoms with Gasteiger partial charge in [-0.2, -0.15) is 0 Å². The van der Waals surface area contributed by atoms with Crippen molar-refractivity contribution in [1.82, 2.24) is 4.98 Å². The molecule has 1 aliphatic rings. The molecule has 1 heterocycles. The third-order valence-corrected chi connectivity index (χ3v) is 4.12. The zero-order valence-electron chi connectivity index (χ0n) is 12.7. The lowest BCUT2D eigenvalue weighted by Gasteiger charge is -2.22.